The molecular formula is C14H15BrClNO. The van der Waals surface area contributed by atoms with Crippen LogP contribution in [0.1, 0.15) is 19.4 Å². The van der Waals surface area contributed by atoms with Gasteiger partial charge in [0.2, 0.25) is 0 Å². The highest BCUT2D eigenvalue weighted by molar-refractivity contribution is 9.10. The van der Waals surface area contributed by atoms with Crippen LogP contribution in [0.15, 0.2) is 39.4 Å². The van der Waals surface area contributed by atoms with Crippen molar-refractivity contribution in [1.29, 1.82) is 0 Å². The first kappa shape index (κ1) is 13.7. The normalized spacial score (nSPS) is 11.2. The summed E-state index contributed by atoms with van der Waals surface area (Å²) >= 11 is 9.73. The fourth-order valence-corrected chi connectivity index (χ4v) is 2.32. The minimum absolute atomic E-state index is 0.444. The summed E-state index contributed by atoms with van der Waals surface area (Å²) in [7, 11) is 0. The average molecular weight is 329 g/mol. The molecule has 0 bridgehead atoms. The molecule has 1 aromatic heterocycles. The highest BCUT2D eigenvalue weighted by Crippen LogP contribution is 2.31. The van der Waals surface area contributed by atoms with Gasteiger partial charge in [0.05, 0.1) is 10.7 Å². The van der Waals surface area contributed by atoms with Crippen molar-refractivity contribution in [1.82, 2.24) is 5.32 Å². The third-order valence-corrected chi connectivity index (χ3v) is 3.61. The van der Waals surface area contributed by atoms with Gasteiger partial charge >= 0.3 is 0 Å². The lowest BCUT2D eigenvalue weighted by Crippen LogP contribution is -2.21. The maximum atomic E-state index is 6.29. The highest BCUT2D eigenvalue weighted by Gasteiger charge is 2.09. The van der Waals surface area contributed by atoms with E-state index >= 15 is 0 Å². The quantitative estimate of drug-likeness (QED) is 0.867. The summed E-state index contributed by atoms with van der Waals surface area (Å²) in [5.74, 6) is 0.806. The Hall–Kier alpha value is -0.770. The average Bonchev–Trinajstić information content (AvgIpc) is 2.73. The van der Waals surface area contributed by atoms with E-state index in [2.05, 4.69) is 35.1 Å². The number of hydrogen-bond donors (Lipinski definition) is 1. The SMILES string of the molecule is CC(C)NCc1ccc(-c2occc2Br)cc1Cl. The number of benzene rings is 1. The number of hydrogen-bond acceptors (Lipinski definition) is 2. The van der Waals surface area contributed by atoms with E-state index in [9.17, 15) is 0 Å². The Morgan fingerprint density at radius 3 is 2.67 bits per heavy atom. The van der Waals surface area contributed by atoms with Gasteiger partial charge in [-0.1, -0.05) is 37.6 Å². The third kappa shape index (κ3) is 3.16. The molecule has 0 amide bonds. The van der Waals surface area contributed by atoms with Crippen LogP contribution in [0, 0.1) is 0 Å². The zero-order chi connectivity index (χ0) is 13.1. The molecule has 0 fully saturated rings. The van der Waals surface area contributed by atoms with Gasteiger partial charge in [0, 0.05) is 23.2 Å². The van der Waals surface area contributed by atoms with Crippen molar-refractivity contribution in [3.63, 3.8) is 0 Å². The topological polar surface area (TPSA) is 25.2 Å². The van der Waals surface area contributed by atoms with Crippen molar-refractivity contribution in [3.8, 4) is 11.3 Å². The summed E-state index contributed by atoms with van der Waals surface area (Å²) in [6, 6.07) is 8.30. The number of rotatable bonds is 4. The molecule has 2 aromatic rings. The number of nitrogens with one attached hydrogen (secondary N) is 1. The molecule has 0 aliphatic rings. The second kappa shape index (κ2) is 5.91. The molecule has 1 N–H and O–H groups in total. The molecule has 2 nitrogen and oxygen atoms in total. The summed E-state index contributed by atoms with van der Waals surface area (Å²) in [6.45, 7) is 5.00. The Morgan fingerprint density at radius 2 is 2.11 bits per heavy atom. The van der Waals surface area contributed by atoms with E-state index in [0.717, 1.165) is 32.9 Å². The molecular weight excluding hydrogens is 314 g/mol. The van der Waals surface area contributed by atoms with Crippen LogP contribution in [-0.4, -0.2) is 6.04 Å². The first-order valence-electron chi connectivity index (χ1n) is 5.83. The summed E-state index contributed by atoms with van der Waals surface area (Å²) in [6.07, 6.45) is 1.65. The van der Waals surface area contributed by atoms with Crippen LogP contribution in [-0.2, 0) is 6.54 Å². The molecule has 0 saturated carbocycles. The third-order valence-electron chi connectivity index (χ3n) is 2.63. The van der Waals surface area contributed by atoms with Crippen molar-refractivity contribution in [2.24, 2.45) is 0 Å². The summed E-state index contributed by atoms with van der Waals surface area (Å²) in [5, 5.41) is 4.10. The predicted molar refractivity (Wildman–Crippen MR) is 78.8 cm³/mol. The molecule has 0 spiro atoms. The van der Waals surface area contributed by atoms with E-state index in [1.54, 1.807) is 6.26 Å². The molecule has 0 aliphatic heterocycles. The Balaban J connectivity index is 2.22. The van der Waals surface area contributed by atoms with Crippen LogP contribution in [0.5, 0.6) is 0 Å². The summed E-state index contributed by atoms with van der Waals surface area (Å²) < 4.78 is 6.36. The van der Waals surface area contributed by atoms with Gasteiger partial charge in [-0.15, -0.1) is 0 Å². The van der Waals surface area contributed by atoms with Crippen molar-refractivity contribution >= 4 is 27.5 Å². The van der Waals surface area contributed by atoms with Crippen molar-refractivity contribution in [2.75, 3.05) is 0 Å². The minimum atomic E-state index is 0.444. The molecule has 0 atom stereocenters. The van der Waals surface area contributed by atoms with Crippen molar-refractivity contribution in [2.45, 2.75) is 26.4 Å². The van der Waals surface area contributed by atoms with Gasteiger partial charge in [-0.25, -0.2) is 0 Å². The Kier molecular flexibility index (Phi) is 4.49. The van der Waals surface area contributed by atoms with Gasteiger partial charge < -0.3 is 9.73 Å². The zero-order valence-electron chi connectivity index (χ0n) is 10.3. The van der Waals surface area contributed by atoms with Crippen LogP contribution >= 0.6 is 27.5 Å². The Bertz CT molecular complexity index is 536. The number of halogens is 2. The second-order valence-corrected chi connectivity index (χ2v) is 5.70. The Labute approximate surface area is 120 Å². The van der Waals surface area contributed by atoms with Crippen LogP contribution in [0.25, 0.3) is 11.3 Å². The van der Waals surface area contributed by atoms with Gasteiger partial charge in [0.25, 0.3) is 0 Å². The lowest BCUT2D eigenvalue weighted by molar-refractivity contribution is 0.580. The first-order chi connectivity index (χ1) is 8.58. The van der Waals surface area contributed by atoms with Crippen LogP contribution in [0.2, 0.25) is 5.02 Å². The van der Waals surface area contributed by atoms with Gasteiger partial charge in [-0.05, 0) is 33.6 Å². The molecule has 0 unspecified atom stereocenters. The monoisotopic (exact) mass is 327 g/mol. The molecule has 4 heteroatoms. The zero-order valence-corrected chi connectivity index (χ0v) is 12.7. The van der Waals surface area contributed by atoms with Gasteiger partial charge in [-0.2, -0.15) is 0 Å². The standard InChI is InChI=1S/C14H15BrClNO/c1-9(2)17-8-11-4-3-10(7-13(11)16)14-12(15)5-6-18-14/h3-7,9,17H,8H2,1-2H3. The molecule has 0 saturated heterocycles. The highest BCUT2D eigenvalue weighted by atomic mass is 79.9. The lowest BCUT2D eigenvalue weighted by atomic mass is 10.1. The van der Waals surface area contributed by atoms with Gasteiger partial charge in [-0.3, -0.25) is 0 Å². The van der Waals surface area contributed by atoms with Gasteiger partial charge in [0.1, 0.15) is 5.76 Å². The van der Waals surface area contributed by atoms with Crippen molar-refractivity contribution < 1.29 is 4.42 Å². The first-order valence-corrected chi connectivity index (χ1v) is 7.00. The fourth-order valence-electron chi connectivity index (χ4n) is 1.65. The van der Waals surface area contributed by atoms with E-state index in [1.807, 2.05) is 24.3 Å². The van der Waals surface area contributed by atoms with E-state index in [1.165, 1.54) is 0 Å². The maximum absolute atomic E-state index is 6.29. The molecule has 0 aliphatic carbocycles. The number of furan rings is 1. The van der Waals surface area contributed by atoms with Crippen LogP contribution < -0.4 is 5.32 Å². The fraction of sp³-hybridized carbons (Fsp3) is 0.286. The smallest absolute Gasteiger partial charge is 0.148 e. The Morgan fingerprint density at radius 1 is 1.33 bits per heavy atom. The summed E-state index contributed by atoms with van der Waals surface area (Å²) in [5.41, 5.74) is 2.07. The molecule has 96 valence electrons. The molecule has 1 heterocycles. The van der Waals surface area contributed by atoms with Crippen LogP contribution in [0.4, 0.5) is 0 Å². The van der Waals surface area contributed by atoms with E-state index in [0.29, 0.717) is 6.04 Å². The lowest BCUT2D eigenvalue weighted by Gasteiger charge is -2.10. The van der Waals surface area contributed by atoms with E-state index in [4.69, 9.17) is 16.0 Å². The molecule has 1 aromatic carbocycles. The van der Waals surface area contributed by atoms with Crippen molar-refractivity contribution in [3.05, 3.63) is 45.6 Å². The van der Waals surface area contributed by atoms with Gasteiger partial charge in [0.15, 0.2) is 0 Å². The predicted octanol–water partition coefficient (Wildman–Crippen LogP) is 4.86. The second-order valence-electron chi connectivity index (χ2n) is 4.44. The molecule has 0 radical (unpaired) electrons. The van der Waals surface area contributed by atoms with E-state index in [-0.39, 0.29) is 0 Å². The largest absolute Gasteiger partial charge is 0.463 e. The minimum Gasteiger partial charge on any atom is -0.463 e. The van der Waals surface area contributed by atoms with E-state index < -0.39 is 0 Å². The molecule has 18 heavy (non-hydrogen) atoms. The maximum Gasteiger partial charge on any atom is 0.148 e. The molecule has 2 rings (SSSR count). The van der Waals surface area contributed by atoms with Crippen LogP contribution in [0.3, 0.4) is 0 Å². The summed E-state index contributed by atoms with van der Waals surface area (Å²) in [4.78, 5) is 0.